The molecule has 1 aliphatic heterocycles. The van der Waals surface area contributed by atoms with Gasteiger partial charge in [-0.05, 0) is 53.3 Å². The first-order valence-corrected chi connectivity index (χ1v) is 8.05. The monoisotopic (exact) mass is 382 g/mol. The topological polar surface area (TPSA) is 50.4 Å². The van der Waals surface area contributed by atoms with Crippen molar-refractivity contribution in [2.45, 2.75) is 12.8 Å². The van der Waals surface area contributed by atoms with Gasteiger partial charge in [0.2, 0.25) is 0 Å². The van der Waals surface area contributed by atoms with Crippen molar-refractivity contribution in [3.05, 3.63) is 20.8 Å². The number of amides is 1. The van der Waals surface area contributed by atoms with Crippen LogP contribution < -0.4 is 10.6 Å². The van der Waals surface area contributed by atoms with Gasteiger partial charge in [0, 0.05) is 23.5 Å². The first-order valence-electron chi connectivity index (χ1n) is 6.38. The van der Waals surface area contributed by atoms with Crippen molar-refractivity contribution in [2.24, 2.45) is 5.41 Å². The number of hydrogen-bond acceptors (Lipinski definition) is 4. The van der Waals surface area contributed by atoms with Crippen LogP contribution in [-0.2, 0) is 4.74 Å². The van der Waals surface area contributed by atoms with Gasteiger partial charge in [0.1, 0.15) is 4.88 Å². The quantitative estimate of drug-likeness (QED) is 0.822. The van der Waals surface area contributed by atoms with E-state index in [1.54, 1.807) is 7.11 Å². The Hall–Kier alpha value is -0.140. The van der Waals surface area contributed by atoms with Crippen molar-refractivity contribution in [3.8, 4) is 0 Å². The molecular formula is C13H20BrClN2O2S. The van der Waals surface area contributed by atoms with Crippen LogP contribution in [0.5, 0.6) is 0 Å². The normalized spacial score (nSPS) is 17.3. The molecule has 1 aliphatic rings. The fourth-order valence-corrected chi connectivity index (χ4v) is 3.91. The van der Waals surface area contributed by atoms with E-state index in [0.717, 1.165) is 35.3 Å². The molecule has 4 nitrogen and oxygen atoms in total. The van der Waals surface area contributed by atoms with Crippen LogP contribution in [0.15, 0.2) is 15.9 Å². The van der Waals surface area contributed by atoms with Crippen LogP contribution in [0.2, 0.25) is 0 Å². The Morgan fingerprint density at radius 2 is 2.25 bits per heavy atom. The minimum Gasteiger partial charge on any atom is -0.384 e. The van der Waals surface area contributed by atoms with Crippen LogP contribution in [-0.4, -0.2) is 39.3 Å². The molecule has 1 fully saturated rings. The summed E-state index contributed by atoms with van der Waals surface area (Å²) in [6, 6.07) is 1.90. The van der Waals surface area contributed by atoms with E-state index in [1.807, 2.05) is 11.4 Å². The van der Waals surface area contributed by atoms with Gasteiger partial charge in [-0.1, -0.05) is 0 Å². The van der Waals surface area contributed by atoms with E-state index in [0.29, 0.717) is 13.2 Å². The Balaban J connectivity index is 0.00000200. The Labute approximate surface area is 138 Å². The molecule has 0 saturated carbocycles. The maximum absolute atomic E-state index is 12.1. The summed E-state index contributed by atoms with van der Waals surface area (Å²) >= 11 is 4.85. The number of nitrogens with one attached hydrogen (secondary N) is 2. The third-order valence-corrected chi connectivity index (χ3v) is 5.40. The highest BCUT2D eigenvalue weighted by atomic mass is 79.9. The van der Waals surface area contributed by atoms with Gasteiger partial charge in [-0.2, -0.15) is 0 Å². The van der Waals surface area contributed by atoms with Gasteiger partial charge in [0.15, 0.2) is 0 Å². The Morgan fingerprint density at radius 3 is 2.80 bits per heavy atom. The first-order chi connectivity index (χ1) is 9.17. The van der Waals surface area contributed by atoms with Crippen molar-refractivity contribution >= 4 is 45.6 Å². The molecular weight excluding hydrogens is 364 g/mol. The summed E-state index contributed by atoms with van der Waals surface area (Å²) in [5.74, 6) is -0.00381. The summed E-state index contributed by atoms with van der Waals surface area (Å²) in [7, 11) is 1.72. The lowest BCUT2D eigenvalue weighted by molar-refractivity contribution is 0.0512. The number of rotatable bonds is 5. The average molecular weight is 384 g/mol. The molecule has 2 heterocycles. The predicted octanol–water partition coefficient (Wildman–Crippen LogP) is 2.68. The van der Waals surface area contributed by atoms with E-state index < -0.39 is 0 Å². The van der Waals surface area contributed by atoms with Crippen LogP contribution in [0.25, 0.3) is 0 Å². The minimum absolute atomic E-state index is 0. The molecule has 2 rings (SSSR count). The summed E-state index contributed by atoms with van der Waals surface area (Å²) < 4.78 is 6.21. The molecule has 114 valence electrons. The number of carbonyl (C=O) groups is 1. The van der Waals surface area contributed by atoms with E-state index in [2.05, 4.69) is 26.6 Å². The fraction of sp³-hybridized carbons (Fsp3) is 0.615. The van der Waals surface area contributed by atoms with E-state index in [1.165, 1.54) is 11.3 Å². The first kappa shape index (κ1) is 17.9. The molecule has 20 heavy (non-hydrogen) atoms. The molecule has 1 aromatic rings. The Bertz CT molecular complexity index is 430. The van der Waals surface area contributed by atoms with E-state index in [4.69, 9.17) is 4.74 Å². The Kier molecular flexibility index (Phi) is 7.47. The minimum atomic E-state index is -0.00381. The highest BCUT2D eigenvalue weighted by Gasteiger charge is 2.32. The van der Waals surface area contributed by atoms with Gasteiger partial charge >= 0.3 is 0 Å². The van der Waals surface area contributed by atoms with Gasteiger partial charge < -0.3 is 15.4 Å². The second kappa shape index (κ2) is 8.34. The second-order valence-electron chi connectivity index (χ2n) is 4.96. The molecule has 2 N–H and O–H groups in total. The molecule has 1 aromatic heterocycles. The molecule has 0 aliphatic carbocycles. The molecule has 0 atom stereocenters. The SMILES string of the molecule is COCC1(CNC(=O)c2sccc2Br)CCNCC1.Cl. The van der Waals surface area contributed by atoms with Crippen LogP contribution in [0, 0.1) is 5.41 Å². The maximum atomic E-state index is 12.1. The number of piperidine rings is 1. The van der Waals surface area contributed by atoms with Gasteiger partial charge in [0.05, 0.1) is 6.61 Å². The lowest BCUT2D eigenvalue weighted by Crippen LogP contribution is -2.47. The molecule has 0 radical (unpaired) electrons. The number of carbonyl (C=O) groups excluding carboxylic acids is 1. The van der Waals surface area contributed by atoms with Crippen molar-refractivity contribution in [2.75, 3.05) is 33.4 Å². The molecule has 7 heteroatoms. The number of ether oxygens (including phenoxy) is 1. The molecule has 0 aromatic carbocycles. The summed E-state index contributed by atoms with van der Waals surface area (Å²) in [5, 5.41) is 8.31. The summed E-state index contributed by atoms with van der Waals surface area (Å²) in [4.78, 5) is 12.9. The van der Waals surface area contributed by atoms with Gasteiger partial charge in [-0.25, -0.2) is 0 Å². The zero-order valence-corrected chi connectivity index (χ0v) is 14.6. The van der Waals surface area contributed by atoms with Gasteiger partial charge in [0.25, 0.3) is 5.91 Å². The zero-order valence-electron chi connectivity index (χ0n) is 11.4. The highest BCUT2D eigenvalue weighted by Crippen LogP contribution is 2.29. The zero-order chi connectivity index (χ0) is 13.7. The molecule has 0 spiro atoms. The van der Waals surface area contributed by atoms with Crippen LogP contribution in [0.1, 0.15) is 22.5 Å². The number of thiophene rings is 1. The summed E-state index contributed by atoms with van der Waals surface area (Å²) in [6.07, 6.45) is 2.07. The lowest BCUT2D eigenvalue weighted by Gasteiger charge is -2.37. The lowest BCUT2D eigenvalue weighted by atomic mass is 9.79. The molecule has 1 amide bonds. The number of halogens is 2. The Morgan fingerprint density at radius 1 is 1.55 bits per heavy atom. The predicted molar refractivity (Wildman–Crippen MR) is 88.0 cm³/mol. The molecule has 1 saturated heterocycles. The van der Waals surface area contributed by atoms with E-state index in [-0.39, 0.29) is 23.7 Å². The fourth-order valence-electron chi connectivity index (χ4n) is 2.44. The van der Waals surface area contributed by atoms with Gasteiger partial charge in [-0.15, -0.1) is 23.7 Å². The highest BCUT2D eigenvalue weighted by molar-refractivity contribution is 9.10. The van der Waals surface area contributed by atoms with E-state index >= 15 is 0 Å². The maximum Gasteiger partial charge on any atom is 0.262 e. The van der Waals surface area contributed by atoms with Crippen LogP contribution in [0.4, 0.5) is 0 Å². The van der Waals surface area contributed by atoms with Crippen LogP contribution in [0.3, 0.4) is 0 Å². The third kappa shape index (κ3) is 4.43. The van der Waals surface area contributed by atoms with Crippen molar-refractivity contribution < 1.29 is 9.53 Å². The largest absolute Gasteiger partial charge is 0.384 e. The van der Waals surface area contributed by atoms with Crippen molar-refractivity contribution in [1.29, 1.82) is 0 Å². The molecule has 0 unspecified atom stereocenters. The number of hydrogen-bond donors (Lipinski definition) is 2. The molecule has 0 bridgehead atoms. The third-order valence-electron chi connectivity index (χ3n) is 3.56. The van der Waals surface area contributed by atoms with Crippen LogP contribution >= 0.6 is 39.7 Å². The van der Waals surface area contributed by atoms with Gasteiger partial charge in [-0.3, -0.25) is 4.79 Å². The van der Waals surface area contributed by atoms with Crippen molar-refractivity contribution in [1.82, 2.24) is 10.6 Å². The average Bonchev–Trinajstić information content (AvgIpc) is 2.84. The van der Waals surface area contributed by atoms with E-state index in [9.17, 15) is 4.79 Å². The summed E-state index contributed by atoms with van der Waals surface area (Å²) in [6.45, 7) is 3.34. The number of methoxy groups -OCH3 is 1. The van der Waals surface area contributed by atoms with Crippen molar-refractivity contribution in [3.63, 3.8) is 0 Å². The standard InChI is InChI=1S/C13H19BrN2O2S.ClH/c1-18-9-13(3-5-15-6-4-13)8-16-12(17)11-10(14)2-7-19-11;/h2,7,15H,3-6,8-9H2,1H3,(H,16,17);1H. The summed E-state index contributed by atoms with van der Waals surface area (Å²) in [5.41, 5.74) is 0.0688. The second-order valence-corrected chi connectivity index (χ2v) is 6.73. The smallest absolute Gasteiger partial charge is 0.262 e.